The van der Waals surface area contributed by atoms with Gasteiger partial charge in [-0.15, -0.1) is 0 Å². The van der Waals surface area contributed by atoms with Gasteiger partial charge in [0.2, 0.25) is 0 Å². The summed E-state index contributed by atoms with van der Waals surface area (Å²) in [5.41, 5.74) is 7.32. The van der Waals surface area contributed by atoms with E-state index in [1.54, 1.807) is 12.1 Å². The average molecular weight is 279 g/mol. The van der Waals surface area contributed by atoms with Gasteiger partial charge in [0.05, 0.1) is 0 Å². The Morgan fingerprint density at radius 2 is 2.00 bits per heavy atom. The SMILES string of the molecule is CCn1c(C(C)C)nc(-c2cccc(C(F)F)c2)c1N. The summed E-state index contributed by atoms with van der Waals surface area (Å²) < 4.78 is 27.5. The van der Waals surface area contributed by atoms with E-state index in [-0.39, 0.29) is 11.5 Å². The number of nitrogens with zero attached hydrogens (tertiary/aromatic N) is 2. The van der Waals surface area contributed by atoms with Crippen LogP contribution in [0.2, 0.25) is 0 Å². The summed E-state index contributed by atoms with van der Waals surface area (Å²) in [6, 6.07) is 6.23. The summed E-state index contributed by atoms with van der Waals surface area (Å²) in [5.74, 6) is 1.63. The molecule has 2 rings (SSSR count). The first kappa shape index (κ1) is 14.5. The zero-order valence-corrected chi connectivity index (χ0v) is 11.9. The van der Waals surface area contributed by atoms with Crippen LogP contribution in [0.25, 0.3) is 11.3 Å². The first-order valence-corrected chi connectivity index (χ1v) is 6.70. The van der Waals surface area contributed by atoms with Gasteiger partial charge in [0.1, 0.15) is 17.3 Å². The van der Waals surface area contributed by atoms with E-state index in [1.807, 2.05) is 25.3 Å². The van der Waals surface area contributed by atoms with Crippen LogP contribution in [0.15, 0.2) is 24.3 Å². The topological polar surface area (TPSA) is 43.8 Å². The predicted octanol–water partition coefficient (Wildman–Crippen LogP) is 4.21. The monoisotopic (exact) mass is 279 g/mol. The van der Waals surface area contributed by atoms with Gasteiger partial charge >= 0.3 is 0 Å². The quantitative estimate of drug-likeness (QED) is 0.911. The van der Waals surface area contributed by atoms with E-state index in [0.29, 0.717) is 23.6 Å². The number of hydrogen-bond acceptors (Lipinski definition) is 2. The number of rotatable bonds is 4. The van der Waals surface area contributed by atoms with Crippen molar-refractivity contribution in [2.45, 2.75) is 39.7 Å². The fourth-order valence-electron chi connectivity index (χ4n) is 2.29. The third kappa shape index (κ3) is 2.53. The van der Waals surface area contributed by atoms with Crippen LogP contribution in [0.4, 0.5) is 14.6 Å². The number of nitrogen functional groups attached to an aromatic ring is 1. The lowest BCUT2D eigenvalue weighted by Gasteiger charge is -2.08. The minimum Gasteiger partial charge on any atom is -0.383 e. The van der Waals surface area contributed by atoms with Gasteiger partial charge in [-0.3, -0.25) is 0 Å². The highest BCUT2D eigenvalue weighted by Gasteiger charge is 2.18. The molecule has 0 radical (unpaired) electrons. The summed E-state index contributed by atoms with van der Waals surface area (Å²) in [4.78, 5) is 4.54. The number of nitrogens with two attached hydrogens (primary N) is 1. The summed E-state index contributed by atoms with van der Waals surface area (Å²) in [7, 11) is 0. The van der Waals surface area contributed by atoms with Crippen LogP contribution >= 0.6 is 0 Å². The molecule has 0 unspecified atom stereocenters. The van der Waals surface area contributed by atoms with Crippen LogP contribution < -0.4 is 5.73 Å². The molecule has 1 heterocycles. The predicted molar refractivity (Wildman–Crippen MR) is 76.8 cm³/mol. The Balaban J connectivity index is 2.55. The standard InChI is InChI=1S/C15H19F2N3/c1-4-20-14(18)12(19-15(20)9(2)3)10-6-5-7-11(8-10)13(16)17/h5-9,13H,4,18H2,1-3H3. The summed E-state index contributed by atoms with van der Waals surface area (Å²) in [5, 5.41) is 0. The third-order valence-corrected chi connectivity index (χ3v) is 3.28. The fourth-order valence-corrected chi connectivity index (χ4v) is 2.29. The lowest BCUT2D eigenvalue weighted by atomic mass is 10.1. The van der Waals surface area contributed by atoms with Crippen molar-refractivity contribution in [3.8, 4) is 11.3 Å². The molecule has 0 saturated carbocycles. The van der Waals surface area contributed by atoms with Crippen molar-refractivity contribution in [2.24, 2.45) is 0 Å². The van der Waals surface area contributed by atoms with E-state index in [9.17, 15) is 8.78 Å². The Morgan fingerprint density at radius 3 is 2.50 bits per heavy atom. The van der Waals surface area contributed by atoms with Gasteiger partial charge in [0.15, 0.2) is 0 Å². The second kappa shape index (κ2) is 5.61. The molecular formula is C15H19F2N3. The maximum Gasteiger partial charge on any atom is 0.263 e. The molecule has 0 spiro atoms. The lowest BCUT2D eigenvalue weighted by Crippen LogP contribution is -2.06. The van der Waals surface area contributed by atoms with Gasteiger partial charge in [-0.2, -0.15) is 0 Å². The molecule has 2 aromatic rings. The largest absolute Gasteiger partial charge is 0.383 e. The van der Waals surface area contributed by atoms with E-state index in [1.165, 1.54) is 12.1 Å². The van der Waals surface area contributed by atoms with Crippen LogP contribution in [0.5, 0.6) is 0 Å². The highest BCUT2D eigenvalue weighted by atomic mass is 19.3. The second-order valence-corrected chi connectivity index (χ2v) is 5.03. The highest BCUT2D eigenvalue weighted by Crippen LogP contribution is 2.31. The summed E-state index contributed by atoms with van der Waals surface area (Å²) in [6.07, 6.45) is -2.49. The van der Waals surface area contributed by atoms with Crippen molar-refractivity contribution in [3.05, 3.63) is 35.7 Å². The van der Waals surface area contributed by atoms with Crippen molar-refractivity contribution in [1.82, 2.24) is 9.55 Å². The molecule has 5 heteroatoms. The Labute approximate surface area is 117 Å². The molecular weight excluding hydrogens is 260 g/mol. The summed E-state index contributed by atoms with van der Waals surface area (Å²) >= 11 is 0. The zero-order chi connectivity index (χ0) is 14.9. The van der Waals surface area contributed by atoms with Gasteiger partial charge in [0, 0.05) is 23.6 Å². The number of halogens is 2. The van der Waals surface area contributed by atoms with Gasteiger partial charge < -0.3 is 10.3 Å². The molecule has 1 aromatic heterocycles. The molecule has 3 nitrogen and oxygen atoms in total. The minimum atomic E-state index is -2.49. The van der Waals surface area contributed by atoms with Gasteiger partial charge in [-0.25, -0.2) is 13.8 Å². The van der Waals surface area contributed by atoms with Crippen molar-refractivity contribution in [3.63, 3.8) is 0 Å². The van der Waals surface area contributed by atoms with Gasteiger partial charge in [-0.1, -0.05) is 32.0 Å². The van der Waals surface area contributed by atoms with Gasteiger partial charge in [-0.05, 0) is 13.0 Å². The Morgan fingerprint density at radius 1 is 1.30 bits per heavy atom. The van der Waals surface area contributed by atoms with E-state index in [2.05, 4.69) is 4.98 Å². The van der Waals surface area contributed by atoms with E-state index >= 15 is 0 Å². The maximum absolute atomic E-state index is 12.8. The van der Waals surface area contributed by atoms with Crippen LogP contribution in [-0.2, 0) is 6.54 Å². The summed E-state index contributed by atoms with van der Waals surface area (Å²) in [6.45, 7) is 6.77. The van der Waals surface area contributed by atoms with Crippen molar-refractivity contribution >= 4 is 5.82 Å². The maximum atomic E-state index is 12.8. The van der Waals surface area contributed by atoms with Gasteiger partial charge in [0.25, 0.3) is 6.43 Å². The van der Waals surface area contributed by atoms with E-state index < -0.39 is 6.43 Å². The highest BCUT2D eigenvalue weighted by molar-refractivity contribution is 5.71. The molecule has 20 heavy (non-hydrogen) atoms. The molecule has 0 aliphatic carbocycles. The van der Waals surface area contributed by atoms with E-state index in [0.717, 1.165) is 5.82 Å². The Kier molecular flexibility index (Phi) is 4.06. The molecule has 0 fully saturated rings. The minimum absolute atomic E-state index is 0.0148. The number of alkyl halides is 2. The van der Waals surface area contributed by atoms with Crippen molar-refractivity contribution in [1.29, 1.82) is 0 Å². The molecule has 0 saturated heterocycles. The Bertz CT molecular complexity index is 603. The van der Waals surface area contributed by atoms with Crippen LogP contribution in [0.3, 0.4) is 0 Å². The number of hydrogen-bond donors (Lipinski definition) is 1. The smallest absolute Gasteiger partial charge is 0.263 e. The zero-order valence-electron chi connectivity index (χ0n) is 11.9. The molecule has 0 aliphatic heterocycles. The van der Waals surface area contributed by atoms with Crippen LogP contribution in [0.1, 0.15) is 44.5 Å². The first-order chi connectivity index (χ1) is 9.45. The van der Waals surface area contributed by atoms with Crippen LogP contribution in [0, 0.1) is 0 Å². The molecule has 0 amide bonds. The molecule has 1 aromatic carbocycles. The van der Waals surface area contributed by atoms with E-state index in [4.69, 9.17) is 5.73 Å². The Hall–Kier alpha value is -1.91. The molecule has 2 N–H and O–H groups in total. The second-order valence-electron chi connectivity index (χ2n) is 5.03. The molecule has 108 valence electrons. The molecule has 0 aliphatic rings. The fraction of sp³-hybridized carbons (Fsp3) is 0.400. The number of imidazole rings is 1. The number of benzene rings is 1. The molecule has 0 bridgehead atoms. The molecule has 0 atom stereocenters. The normalized spacial score (nSPS) is 11.6. The number of aromatic nitrogens is 2. The van der Waals surface area contributed by atoms with Crippen molar-refractivity contribution in [2.75, 3.05) is 5.73 Å². The third-order valence-electron chi connectivity index (χ3n) is 3.28. The van der Waals surface area contributed by atoms with Crippen LogP contribution in [-0.4, -0.2) is 9.55 Å². The van der Waals surface area contributed by atoms with Crippen molar-refractivity contribution < 1.29 is 8.78 Å². The lowest BCUT2D eigenvalue weighted by molar-refractivity contribution is 0.151. The first-order valence-electron chi connectivity index (χ1n) is 6.70. The average Bonchev–Trinajstić information content (AvgIpc) is 2.76. The number of anilines is 1.